The molecule has 88 valence electrons. The van der Waals surface area contributed by atoms with Crippen LogP contribution in [0.25, 0.3) is 0 Å². The Morgan fingerprint density at radius 1 is 1.56 bits per heavy atom. The molecular formula is C11H14FNO3. The third kappa shape index (κ3) is 1.57. The minimum absolute atomic E-state index is 0.103. The highest BCUT2D eigenvalue weighted by molar-refractivity contribution is 5.55. The third-order valence-corrected chi connectivity index (χ3v) is 2.67. The number of benzene rings is 1. The molecule has 0 saturated carbocycles. The first-order valence-electron chi connectivity index (χ1n) is 5.05. The standard InChI is InChI=1S/C11H14FNO3/c1-6(4-13)9-10(12)7(14-2)3-8-11(9)16-5-15-8/h3,6H,4-5,13H2,1-2H3. The monoisotopic (exact) mass is 227 g/mol. The zero-order valence-corrected chi connectivity index (χ0v) is 9.25. The van der Waals surface area contributed by atoms with Gasteiger partial charge in [0.2, 0.25) is 6.79 Å². The van der Waals surface area contributed by atoms with E-state index in [2.05, 4.69) is 0 Å². The van der Waals surface area contributed by atoms with Crippen LogP contribution in [-0.4, -0.2) is 20.4 Å². The fourth-order valence-electron chi connectivity index (χ4n) is 1.73. The van der Waals surface area contributed by atoms with Crippen LogP contribution in [0.5, 0.6) is 17.2 Å². The Morgan fingerprint density at radius 3 is 2.94 bits per heavy atom. The van der Waals surface area contributed by atoms with Crippen molar-refractivity contribution in [2.75, 3.05) is 20.4 Å². The summed E-state index contributed by atoms with van der Waals surface area (Å²) in [6.45, 7) is 2.27. The molecule has 0 spiro atoms. The molecule has 2 N–H and O–H groups in total. The van der Waals surface area contributed by atoms with Gasteiger partial charge >= 0.3 is 0 Å². The number of fused-ring (bicyclic) bond motifs is 1. The summed E-state index contributed by atoms with van der Waals surface area (Å²) in [5, 5.41) is 0. The lowest BCUT2D eigenvalue weighted by Crippen LogP contribution is -2.12. The highest BCUT2D eigenvalue weighted by atomic mass is 19.1. The molecule has 5 heteroatoms. The van der Waals surface area contributed by atoms with Crippen molar-refractivity contribution in [3.8, 4) is 17.2 Å². The maximum atomic E-state index is 14.0. The molecule has 1 aliphatic rings. The Morgan fingerprint density at radius 2 is 2.31 bits per heavy atom. The molecule has 1 heterocycles. The normalized spacial score (nSPS) is 15.0. The van der Waals surface area contributed by atoms with Gasteiger partial charge in [0, 0.05) is 17.5 Å². The largest absolute Gasteiger partial charge is 0.494 e. The van der Waals surface area contributed by atoms with Gasteiger partial charge in [0.05, 0.1) is 7.11 Å². The molecule has 1 aliphatic heterocycles. The van der Waals surface area contributed by atoms with Crippen LogP contribution in [0, 0.1) is 5.82 Å². The van der Waals surface area contributed by atoms with E-state index in [1.807, 2.05) is 6.92 Å². The van der Waals surface area contributed by atoms with E-state index < -0.39 is 5.82 Å². The fraction of sp³-hybridized carbons (Fsp3) is 0.455. The second-order valence-electron chi connectivity index (χ2n) is 3.68. The van der Waals surface area contributed by atoms with Gasteiger partial charge in [-0.3, -0.25) is 0 Å². The Labute approximate surface area is 93.1 Å². The summed E-state index contributed by atoms with van der Waals surface area (Å²) < 4.78 is 29.5. The van der Waals surface area contributed by atoms with Crippen molar-refractivity contribution in [2.24, 2.45) is 5.73 Å². The first-order chi connectivity index (χ1) is 7.69. The number of halogens is 1. The molecule has 16 heavy (non-hydrogen) atoms. The van der Waals surface area contributed by atoms with Crippen molar-refractivity contribution in [1.29, 1.82) is 0 Å². The third-order valence-electron chi connectivity index (χ3n) is 2.67. The molecule has 4 nitrogen and oxygen atoms in total. The number of rotatable bonds is 3. The fourth-order valence-corrected chi connectivity index (χ4v) is 1.73. The summed E-state index contributed by atoms with van der Waals surface area (Å²) in [4.78, 5) is 0. The van der Waals surface area contributed by atoms with Gasteiger partial charge in [0.1, 0.15) is 0 Å². The van der Waals surface area contributed by atoms with Gasteiger partial charge in [0.15, 0.2) is 23.1 Å². The van der Waals surface area contributed by atoms with Crippen LogP contribution in [0.15, 0.2) is 6.07 Å². The second kappa shape index (κ2) is 4.17. The van der Waals surface area contributed by atoms with Gasteiger partial charge in [-0.05, 0) is 6.54 Å². The quantitative estimate of drug-likeness (QED) is 0.852. The summed E-state index contributed by atoms with van der Waals surface area (Å²) in [5.74, 6) is 0.527. The number of hydrogen-bond donors (Lipinski definition) is 1. The molecule has 1 aromatic carbocycles. The minimum atomic E-state index is -0.426. The minimum Gasteiger partial charge on any atom is -0.494 e. The highest BCUT2D eigenvalue weighted by Gasteiger charge is 2.27. The zero-order chi connectivity index (χ0) is 11.7. The van der Waals surface area contributed by atoms with E-state index in [1.165, 1.54) is 13.2 Å². The van der Waals surface area contributed by atoms with Gasteiger partial charge < -0.3 is 19.9 Å². The molecule has 0 saturated heterocycles. The van der Waals surface area contributed by atoms with Crippen molar-refractivity contribution in [3.05, 3.63) is 17.4 Å². The van der Waals surface area contributed by atoms with Crippen LogP contribution in [0.1, 0.15) is 18.4 Å². The second-order valence-corrected chi connectivity index (χ2v) is 3.68. The molecule has 0 fully saturated rings. The molecule has 0 amide bonds. The van der Waals surface area contributed by atoms with Crippen molar-refractivity contribution in [1.82, 2.24) is 0 Å². The van der Waals surface area contributed by atoms with E-state index in [9.17, 15) is 4.39 Å². The van der Waals surface area contributed by atoms with E-state index in [0.29, 0.717) is 23.6 Å². The molecule has 0 aromatic heterocycles. The first-order valence-corrected chi connectivity index (χ1v) is 5.05. The lowest BCUT2D eigenvalue weighted by molar-refractivity contribution is 0.172. The van der Waals surface area contributed by atoms with Gasteiger partial charge in [-0.2, -0.15) is 0 Å². The topological polar surface area (TPSA) is 53.7 Å². The van der Waals surface area contributed by atoms with Crippen LogP contribution in [0.4, 0.5) is 4.39 Å². The van der Waals surface area contributed by atoms with Crippen LogP contribution >= 0.6 is 0 Å². The maximum Gasteiger partial charge on any atom is 0.231 e. The summed E-state index contributed by atoms with van der Waals surface area (Å²) in [7, 11) is 1.41. The predicted molar refractivity (Wildman–Crippen MR) is 56.5 cm³/mol. The number of methoxy groups -OCH3 is 1. The Bertz CT molecular complexity index is 408. The van der Waals surface area contributed by atoms with E-state index in [0.717, 1.165) is 0 Å². The van der Waals surface area contributed by atoms with Gasteiger partial charge in [-0.1, -0.05) is 6.92 Å². The average Bonchev–Trinajstić information content (AvgIpc) is 2.74. The maximum absolute atomic E-state index is 14.0. The Balaban J connectivity index is 2.59. The van der Waals surface area contributed by atoms with Crippen LogP contribution < -0.4 is 19.9 Å². The van der Waals surface area contributed by atoms with E-state index in [4.69, 9.17) is 19.9 Å². The summed E-state index contributed by atoms with van der Waals surface area (Å²) in [5.41, 5.74) is 5.98. The molecular weight excluding hydrogens is 213 g/mol. The van der Waals surface area contributed by atoms with E-state index in [1.54, 1.807) is 0 Å². The molecule has 0 bridgehead atoms. The Kier molecular flexibility index (Phi) is 2.87. The summed E-state index contributed by atoms with van der Waals surface area (Å²) >= 11 is 0. The smallest absolute Gasteiger partial charge is 0.231 e. The van der Waals surface area contributed by atoms with Gasteiger partial charge in [0.25, 0.3) is 0 Å². The first kappa shape index (κ1) is 11.0. The predicted octanol–water partition coefficient (Wildman–Crippen LogP) is 1.63. The number of ether oxygens (including phenoxy) is 3. The van der Waals surface area contributed by atoms with Crippen LogP contribution in [0.2, 0.25) is 0 Å². The molecule has 1 aromatic rings. The van der Waals surface area contributed by atoms with E-state index >= 15 is 0 Å². The van der Waals surface area contributed by atoms with Crippen molar-refractivity contribution in [3.63, 3.8) is 0 Å². The zero-order valence-electron chi connectivity index (χ0n) is 9.25. The SMILES string of the molecule is COc1cc2c(c(C(C)CN)c1F)OCO2. The summed E-state index contributed by atoms with van der Waals surface area (Å²) in [6, 6.07) is 1.49. The van der Waals surface area contributed by atoms with Crippen LogP contribution in [0.3, 0.4) is 0 Å². The van der Waals surface area contributed by atoms with E-state index in [-0.39, 0.29) is 18.5 Å². The lowest BCUT2D eigenvalue weighted by atomic mass is 9.98. The van der Waals surface area contributed by atoms with Crippen molar-refractivity contribution < 1.29 is 18.6 Å². The highest BCUT2D eigenvalue weighted by Crippen LogP contribution is 2.44. The Hall–Kier alpha value is -1.49. The lowest BCUT2D eigenvalue weighted by Gasteiger charge is -2.15. The molecule has 0 radical (unpaired) electrons. The average molecular weight is 227 g/mol. The van der Waals surface area contributed by atoms with Crippen molar-refractivity contribution in [2.45, 2.75) is 12.8 Å². The number of nitrogens with two attached hydrogens (primary N) is 1. The molecule has 1 atom stereocenters. The molecule has 2 rings (SSSR count). The van der Waals surface area contributed by atoms with Crippen LogP contribution in [-0.2, 0) is 0 Å². The van der Waals surface area contributed by atoms with Gasteiger partial charge in [-0.25, -0.2) is 4.39 Å². The van der Waals surface area contributed by atoms with Gasteiger partial charge in [-0.15, -0.1) is 0 Å². The summed E-state index contributed by atoms with van der Waals surface area (Å²) in [6.07, 6.45) is 0. The molecule has 0 aliphatic carbocycles. The van der Waals surface area contributed by atoms with Crippen molar-refractivity contribution >= 4 is 0 Å². The molecule has 1 unspecified atom stereocenters. The number of hydrogen-bond acceptors (Lipinski definition) is 4.